The number of aromatic hydroxyl groups is 1. The van der Waals surface area contributed by atoms with E-state index < -0.39 is 11.9 Å². The smallest absolute Gasteiger partial charge is 0.336 e. The maximum absolute atomic E-state index is 12.8. The molecule has 1 heterocycles. The number of ether oxygens (including phenoxy) is 1. The van der Waals surface area contributed by atoms with Gasteiger partial charge in [-0.05, 0) is 43.9 Å². The van der Waals surface area contributed by atoms with Crippen LogP contribution < -0.4 is 5.32 Å². The van der Waals surface area contributed by atoms with Gasteiger partial charge in [-0.25, -0.2) is 4.79 Å². The minimum absolute atomic E-state index is 0.0541. The molecule has 2 N–H and O–H groups in total. The number of dihydropyridines is 1. The fraction of sp³-hybridized carbons (Fsp3) is 0.429. The van der Waals surface area contributed by atoms with Gasteiger partial charge in [0.25, 0.3) is 0 Å². The Balaban J connectivity index is 2.06. The number of unbranched alkanes of at least 4 members (excludes halogenated alkanes) is 1. The van der Waals surface area contributed by atoms with Crippen LogP contribution in [0.2, 0.25) is 0 Å². The average molecular weight is 355 g/mol. The molecule has 138 valence electrons. The largest absolute Gasteiger partial charge is 0.508 e. The first kappa shape index (κ1) is 18.2. The van der Waals surface area contributed by atoms with Gasteiger partial charge in [0.15, 0.2) is 5.78 Å². The van der Waals surface area contributed by atoms with Crippen molar-refractivity contribution in [2.75, 3.05) is 6.61 Å². The standard InChI is InChI=1S/C21H25NO4/c1-3-4-11-26-21(25)18-13(2)22-16-9-6-10-17(24)20(16)19(18)14-7-5-8-15(23)12-14/h5,7-8,12,19,22-23H,3-4,6,9-11H2,1-2H3/t19-/m0/s1. The first-order valence-electron chi connectivity index (χ1n) is 9.23. The molecule has 0 saturated carbocycles. The summed E-state index contributed by atoms with van der Waals surface area (Å²) in [5.41, 5.74) is 3.43. The Bertz CT molecular complexity index is 791. The number of hydrogen-bond acceptors (Lipinski definition) is 5. The fourth-order valence-electron chi connectivity index (χ4n) is 3.68. The lowest BCUT2D eigenvalue weighted by Crippen LogP contribution is -2.34. The molecule has 5 heteroatoms. The monoisotopic (exact) mass is 355 g/mol. The van der Waals surface area contributed by atoms with E-state index in [1.807, 2.05) is 19.9 Å². The van der Waals surface area contributed by atoms with Crippen LogP contribution in [0, 0.1) is 0 Å². The molecule has 1 aromatic carbocycles. The molecule has 1 aromatic rings. The van der Waals surface area contributed by atoms with Crippen LogP contribution in [-0.2, 0) is 14.3 Å². The molecule has 26 heavy (non-hydrogen) atoms. The van der Waals surface area contributed by atoms with Crippen LogP contribution in [0.15, 0.2) is 46.8 Å². The lowest BCUT2D eigenvalue weighted by molar-refractivity contribution is -0.139. The molecule has 5 nitrogen and oxygen atoms in total. The second-order valence-electron chi connectivity index (χ2n) is 6.85. The van der Waals surface area contributed by atoms with Crippen molar-refractivity contribution in [2.45, 2.75) is 51.9 Å². The molecule has 0 aromatic heterocycles. The SMILES string of the molecule is CCCCOC(=O)C1=C(C)NC2=C(C(=O)CCC2)[C@H]1c1cccc(O)c1. The van der Waals surface area contributed by atoms with Crippen LogP contribution >= 0.6 is 0 Å². The third-order valence-electron chi connectivity index (χ3n) is 4.93. The predicted molar refractivity (Wildman–Crippen MR) is 98.4 cm³/mol. The highest BCUT2D eigenvalue weighted by molar-refractivity contribution is 6.03. The molecule has 0 radical (unpaired) electrons. The number of ketones is 1. The molecule has 0 spiro atoms. The molecule has 0 bridgehead atoms. The molecule has 0 fully saturated rings. The van der Waals surface area contributed by atoms with E-state index in [1.54, 1.807) is 18.2 Å². The van der Waals surface area contributed by atoms with E-state index in [0.29, 0.717) is 29.9 Å². The Morgan fingerprint density at radius 1 is 1.35 bits per heavy atom. The van der Waals surface area contributed by atoms with Crippen molar-refractivity contribution >= 4 is 11.8 Å². The summed E-state index contributed by atoms with van der Waals surface area (Å²) in [6, 6.07) is 6.78. The highest BCUT2D eigenvalue weighted by atomic mass is 16.5. The van der Waals surface area contributed by atoms with E-state index in [1.165, 1.54) is 0 Å². The van der Waals surface area contributed by atoms with Crippen LogP contribution in [-0.4, -0.2) is 23.5 Å². The van der Waals surface area contributed by atoms with Crippen molar-refractivity contribution in [1.82, 2.24) is 5.32 Å². The van der Waals surface area contributed by atoms with Crippen molar-refractivity contribution in [2.24, 2.45) is 0 Å². The first-order chi connectivity index (χ1) is 12.5. The minimum atomic E-state index is -0.500. The highest BCUT2D eigenvalue weighted by Crippen LogP contribution is 2.43. The molecule has 0 saturated heterocycles. The van der Waals surface area contributed by atoms with Crippen LogP contribution in [0.25, 0.3) is 0 Å². The van der Waals surface area contributed by atoms with Gasteiger partial charge < -0.3 is 15.2 Å². The fourth-order valence-corrected chi connectivity index (χ4v) is 3.68. The summed E-state index contributed by atoms with van der Waals surface area (Å²) in [5, 5.41) is 13.2. The number of phenolic OH excluding ortho intramolecular Hbond substituents is 1. The third-order valence-corrected chi connectivity index (χ3v) is 4.93. The summed E-state index contributed by atoms with van der Waals surface area (Å²) in [7, 11) is 0. The van der Waals surface area contributed by atoms with Gasteiger partial charge in [0.05, 0.1) is 12.2 Å². The Hall–Kier alpha value is -2.56. The molecule has 1 atom stereocenters. The van der Waals surface area contributed by atoms with Gasteiger partial charge in [-0.15, -0.1) is 0 Å². The number of Topliss-reactive ketones (excluding diaryl/α,β-unsaturated/α-hetero) is 1. The zero-order valence-corrected chi connectivity index (χ0v) is 15.3. The van der Waals surface area contributed by atoms with Gasteiger partial charge >= 0.3 is 5.97 Å². The first-order valence-corrected chi connectivity index (χ1v) is 9.23. The van der Waals surface area contributed by atoms with Gasteiger partial charge in [-0.1, -0.05) is 25.5 Å². The molecule has 1 aliphatic heterocycles. The number of esters is 1. The Labute approximate surface area is 153 Å². The van der Waals surface area contributed by atoms with Crippen molar-refractivity contribution in [3.05, 3.63) is 52.4 Å². The summed E-state index contributed by atoms with van der Waals surface area (Å²) in [6.07, 6.45) is 3.81. The van der Waals surface area contributed by atoms with Gasteiger partial charge in [0.1, 0.15) is 5.75 Å². The molecular formula is C21H25NO4. The number of carbonyl (C=O) groups excluding carboxylic acids is 2. The Morgan fingerprint density at radius 3 is 2.88 bits per heavy atom. The van der Waals surface area contributed by atoms with Crippen molar-refractivity contribution < 1.29 is 19.4 Å². The summed E-state index contributed by atoms with van der Waals surface area (Å²) in [4.78, 5) is 25.5. The summed E-state index contributed by atoms with van der Waals surface area (Å²) in [5.74, 6) is -0.733. The van der Waals surface area contributed by atoms with E-state index in [-0.39, 0.29) is 11.5 Å². The number of nitrogens with one attached hydrogen (secondary N) is 1. The topological polar surface area (TPSA) is 75.6 Å². The van der Waals surface area contributed by atoms with E-state index >= 15 is 0 Å². The Morgan fingerprint density at radius 2 is 2.15 bits per heavy atom. The normalized spacial score (nSPS) is 19.9. The molecule has 2 aliphatic rings. The lowest BCUT2D eigenvalue weighted by atomic mass is 9.75. The number of allylic oxidation sites excluding steroid dienone is 3. The summed E-state index contributed by atoms with van der Waals surface area (Å²) in [6.45, 7) is 4.24. The van der Waals surface area contributed by atoms with Crippen LogP contribution in [0.1, 0.15) is 57.4 Å². The van der Waals surface area contributed by atoms with Gasteiger partial charge in [-0.3, -0.25) is 4.79 Å². The third kappa shape index (κ3) is 3.52. The van der Waals surface area contributed by atoms with Crippen molar-refractivity contribution in [1.29, 1.82) is 0 Å². The van der Waals surface area contributed by atoms with E-state index in [2.05, 4.69) is 5.32 Å². The van der Waals surface area contributed by atoms with Crippen molar-refractivity contribution in [3.63, 3.8) is 0 Å². The van der Waals surface area contributed by atoms with Gasteiger partial charge in [-0.2, -0.15) is 0 Å². The van der Waals surface area contributed by atoms with Crippen LogP contribution in [0.4, 0.5) is 0 Å². The average Bonchev–Trinajstić information content (AvgIpc) is 2.61. The minimum Gasteiger partial charge on any atom is -0.508 e. The number of benzene rings is 1. The van der Waals surface area contributed by atoms with E-state index in [4.69, 9.17) is 4.74 Å². The number of rotatable bonds is 5. The van der Waals surface area contributed by atoms with Crippen LogP contribution in [0.3, 0.4) is 0 Å². The van der Waals surface area contributed by atoms with Gasteiger partial charge in [0.2, 0.25) is 0 Å². The maximum Gasteiger partial charge on any atom is 0.336 e. The molecule has 3 rings (SSSR count). The highest BCUT2D eigenvalue weighted by Gasteiger charge is 2.39. The van der Waals surface area contributed by atoms with Gasteiger partial charge in [0, 0.05) is 29.3 Å². The predicted octanol–water partition coefficient (Wildman–Crippen LogP) is 3.70. The number of phenols is 1. The quantitative estimate of drug-likeness (QED) is 0.622. The molecule has 0 amide bonds. The lowest BCUT2D eigenvalue weighted by Gasteiger charge is -2.34. The van der Waals surface area contributed by atoms with E-state index in [0.717, 1.165) is 36.9 Å². The summed E-state index contributed by atoms with van der Waals surface area (Å²) >= 11 is 0. The molecule has 1 aliphatic carbocycles. The zero-order valence-electron chi connectivity index (χ0n) is 15.3. The van der Waals surface area contributed by atoms with Crippen molar-refractivity contribution in [3.8, 4) is 5.75 Å². The van der Waals surface area contributed by atoms with Crippen LogP contribution in [0.5, 0.6) is 5.75 Å². The maximum atomic E-state index is 12.8. The number of carbonyl (C=O) groups is 2. The second-order valence-corrected chi connectivity index (χ2v) is 6.85. The second kappa shape index (κ2) is 7.77. The molecule has 0 unspecified atom stereocenters. The number of hydrogen-bond donors (Lipinski definition) is 2. The summed E-state index contributed by atoms with van der Waals surface area (Å²) < 4.78 is 5.46. The van der Waals surface area contributed by atoms with E-state index in [9.17, 15) is 14.7 Å². The zero-order chi connectivity index (χ0) is 18.7. The Kier molecular flexibility index (Phi) is 5.45. The molecular weight excluding hydrogens is 330 g/mol.